The maximum Gasteiger partial charge on any atom is 0.374 e. The molecule has 0 aromatic carbocycles. The zero-order chi connectivity index (χ0) is 16.4. The molecule has 1 saturated carbocycles. The van der Waals surface area contributed by atoms with E-state index in [1.165, 1.54) is 20.0 Å². The highest BCUT2D eigenvalue weighted by atomic mass is 32.1. The molecule has 0 radical (unpaired) electrons. The maximum absolute atomic E-state index is 11.7. The van der Waals surface area contributed by atoms with Crippen LogP contribution < -0.4 is 5.32 Å². The van der Waals surface area contributed by atoms with Crippen molar-refractivity contribution in [3.8, 4) is 0 Å². The number of hydrogen-bond donors (Lipinski definition) is 1. The number of thiazole rings is 1. The molecular weight excluding hydrogens is 312 g/mol. The molecule has 2 heterocycles. The molecule has 0 spiro atoms. The van der Waals surface area contributed by atoms with Gasteiger partial charge in [-0.25, -0.2) is 9.78 Å². The minimum Gasteiger partial charge on any atom is -0.463 e. The van der Waals surface area contributed by atoms with Crippen LogP contribution >= 0.6 is 11.3 Å². The number of esters is 1. The second kappa shape index (κ2) is 6.45. The molecule has 0 bridgehead atoms. The molecule has 1 aliphatic rings. The van der Waals surface area contributed by atoms with Gasteiger partial charge in [0.25, 0.3) is 0 Å². The summed E-state index contributed by atoms with van der Waals surface area (Å²) >= 11 is 1.72. The maximum atomic E-state index is 11.7. The molecular formula is C17H22N2O3S. The Kier molecular flexibility index (Phi) is 4.55. The Morgan fingerprint density at radius 2 is 2.17 bits per heavy atom. The first-order chi connectivity index (χ1) is 11.0. The number of carbonyl (C=O) groups is 1. The number of carbonyl (C=O) groups excluding carboxylic acids is 1. The number of nitrogens with one attached hydrogen (secondary N) is 1. The molecule has 23 heavy (non-hydrogen) atoms. The Hall–Kier alpha value is -1.66. The predicted octanol–water partition coefficient (Wildman–Crippen LogP) is 3.70. The van der Waals surface area contributed by atoms with Crippen LogP contribution in [0.3, 0.4) is 0 Å². The minimum absolute atomic E-state index is 0.0644. The number of methoxy groups -OCH3 is 1. The van der Waals surface area contributed by atoms with E-state index < -0.39 is 5.97 Å². The van der Waals surface area contributed by atoms with Crippen molar-refractivity contribution in [1.82, 2.24) is 10.3 Å². The average Bonchev–Trinajstić information content (AvgIpc) is 3.25. The first-order valence-electron chi connectivity index (χ1n) is 7.89. The van der Waals surface area contributed by atoms with E-state index in [1.54, 1.807) is 11.3 Å². The van der Waals surface area contributed by atoms with Crippen molar-refractivity contribution >= 4 is 17.3 Å². The second-order valence-electron chi connectivity index (χ2n) is 6.15. The highest BCUT2D eigenvalue weighted by molar-refractivity contribution is 7.09. The molecule has 2 aromatic heterocycles. The van der Waals surface area contributed by atoms with Crippen LogP contribution in [0.15, 0.2) is 15.9 Å². The summed E-state index contributed by atoms with van der Waals surface area (Å²) in [6.45, 7) is 4.46. The molecule has 1 N–H and O–H groups in total. The molecule has 124 valence electrons. The molecule has 1 fully saturated rings. The van der Waals surface area contributed by atoms with Gasteiger partial charge in [0.2, 0.25) is 5.76 Å². The van der Waals surface area contributed by atoms with E-state index in [1.807, 2.05) is 19.9 Å². The Balaban J connectivity index is 1.77. The van der Waals surface area contributed by atoms with Crippen molar-refractivity contribution in [2.24, 2.45) is 0 Å². The fourth-order valence-electron chi connectivity index (χ4n) is 3.21. The van der Waals surface area contributed by atoms with Crippen LogP contribution in [0.5, 0.6) is 0 Å². The van der Waals surface area contributed by atoms with Crippen molar-refractivity contribution in [3.63, 3.8) is 0 Å². The van der Waals surface area contributed by atoms with Gasteiger partial charge < -0.3 is 9.15 Å². The predicted molar refractivity (Wildman–Crippen MR) is 88.6 cm³/mol. The van der Waals surface area contributed by atoms with Crippen molar-refractivity contribution < 1.29 is 13.9 Å². The number of ether oxygens (including phenoxy) is 1. The van der Waals surface area contributed by atoms with Gasteiger partial charge in [0.15, 0.2) is 0 Å². The Labute approximate surface area is 140 Å². The summed E-state index contributed by atoms with van der Waals surface area (Å²) in [7, 11) is 1.36. The number of aromatic nitrogens is 1. The lowest BCUT2D eigenvalue weighted by Gasteiger charge is -2.27. The largest absolute Gasteiger partial charge is 0.463 e. The van der Waals surface area contributed by atoms with Crippen LogP contribution in [0.2, 0.25) is 0 Å². The zero-order valence-electron chi connectivity index (χ0n) is 13.8. The quantitative estimate of drug-likeness (QED) is 0.845. The van der Waals surface area contributed by atoms with Gasteiger partial charge in [0.1, 0.15) is 10.8 Å². The molecule has 6 heteroatoms. The topological polar surface area (TPSA) is 64.4 Å². The molecule has 5 nitrogen and oxygen atoms in total. The van der Waals surface area contributed by atoms with Gasteiger partial charge >= 0.3 is 5.97 Å². The first kappa shape index (κ1) is 16.2. The van der Waals surface area contributed by atoms with Crippen molar-refractivity contribution in [2.75, 3.05) is 7.11 Å². The third-order valence-corrected chi connectivity index (χ3v) is 5.59. The Morgan fingerprint density at radius 1 is 1.43 bits per heavy atom. The van der Waals surface area contributed by atoms with Crippen LogP contribution in [-0.4, -0.2) is 18.1 Å². The van der Waals surface area contributed by atoms with E-state index in [-0.39, 0.29) is 11.3 Å². The molecule has 0 amide bonds. The first-order valence-corrected chi connectivity index (χ1v) is 8.77. The van der Waals surface area contributed by atoms with E-state index in [0.717, 1.165) is 34.9 Å². The van der Waals surface area contributed by atoms with E-state index in [9.17, 15) is 4.79 Å². The normalized spacial score (nSPS) is 16.7. The summed E-state index contributed by atoms with van der Waals surface area (Å²) < 4.78 is 10.4. The summed E-state index contributed by atoms with van der Waals surface area (Å²) in [5.41, 5.74) is 1.81. The molecule has 2 aromatic rings. The summed E-state index contributed by atoms with van der Waals surface area (Å²) in [5.74, 6) is 0.609. The molecule has 0 atom stereocenters. The fourth-order valence-corrected chi connectivity index (χ4v) is 4.24. The van der Waals surface area contributed by atoms with Crippen LogP contribution in [0.25, 0.3) is 0 Å². The fraction of sp³-hybridized carbons (Fsp3) is 0.529. The monoisotopic (exact) mass is 334 g/mol. The van der Waals surface area contributed by atoms with Crippen molar-refractivity contribution in [2.45, 2.75) is 51.6 Å². The van der Waals surface area contributed by atoms with Crippen LogP contribution in [0, 0.1) is 13.8 Å². The molecule has 3 rings (SSSR count). The molecule has 0 saturated heterocycles. The third-order valence-electron chi connectivity index (χ3n) is 4.43. The van der Waals surface area contributed by atoms with E-state index in [0.29, 0.717) is 6.54 Å². The molecule has 0 aliphatic heterocycles. The number of aryl methyl sites for hydroxylation is 2. The van der Waals surface area contributed by atoms with E-state index in [4.69, 9.17) is 14.1 Å². The summed E-state index contributed by atoms with van der Waals surface area (Å²) in [5, 5.41) is 6.90. The number of hydrogen-bond acceptors (Lipinski definition) is 6. The van der Waals surface area contributed by atoms with Gasteiger partial charge in [-0.2, -0.15) is 0 Å². The van der Waals surface area contributed by atoms with Crippen LogP contribution in [-0.2, 0) is 16.8 Å². The zero-order valence-corrected chi connectivity index (χ0v) is 14.6. The Morgan fingerprint density at radius 3 is 2.78 bits per heavy atom. The lowest BCUT2D eigenvalue weighted by molar-refractivity contribution is 0.0561. The average molecular weight is 334 g/mol. The minimum atomic E-state index is -0.431. The third kappa shape index (κ3) is 3.19. The van der Waals surface area contributed by atoms with Crippen molar-refractivity contribution in [1.29, 1.82) is 0 Å². The number of rotatable bonds is 5. The highest BCUT2D eigenvalue weighted by Crippen LogP contribution is 2.40. The van der Waals surface area contributed by atoms with Gasteiger partial charge in [-0.05, 0) is 32.8 Å². The SMILES string of the molecule is COC(=O)c1oc(CNC2(c3nc(C)cs3)CCCC2)cc1C. The van der Waals surface area contributed by atoms with Gasteiger partial charge in [-0.15, -0.1) is 11.3 Å². The highest BCUT2D eigenvalue weighted by Gasteiger charge is 2.38. The summed E-state index contributed by atoms with van der Waals surface area (Å²) in [4.78, 5) is 16.3. The Bertz CT molecular complexity index is 699. The van der Waals surface area contributed by atoms with Crippen molar-refractivity contribution in [3.05, 3.63) is 39.2 Å². The lowest BCUT2D eigenvalue weighted by atomic mass is 9.98. The number of nitrogens with zero attached hydrogens (tertiary/aromatic N) is 1. The standard InChI is InChI=1S/C17H22N2O3S/c1-11-8-13(22-14(11)15(20)21-3)9-18-17(6-4-5-7-17)16-19-12(2)10-23-16/h8,10,18H,4-7,9H2,1-3H3. The van der Waals surface area contributed by atoms with Gasteiger partial charge in [0, 0.05) is 16.6 Å². The number of furan rings is 1. The summed E-state index contributed by atoms with van der Waals surface area (Å²) in [6.07, 6.45) is 4.58. The van der Waals surface area contributed by atoms with Crippen LogP contribution in [0.1, 0.15) is 58.3 Å². The van der Waals surface area contributed by atoms with Gasteiger partial charge in [-0.1, -0.05) is 12.8 Å². The van der Waals surface area contributed by atoms with Gasteiger partial charge in [-0.3, -0.25) is 5.32 Å². The molecule has 1 aliphatic carbocycles. The summed E-state index contributed by atoms with van der Waals surface area (Å²) in [6, 6.07) is 1.90. The molecule has 0 unspecified atom stereocenters. The second-order valence-corrected chi connectivity index (χ2v) is 7.01. The smallest absolute Gasteiger partial charge is 0.374 e. The van der Waals surface area contributed by atoms with E-state index >= 15 is 0 Å². The van der Waals surface area contributed by atoms with E-state index in [2.05, 4.69) is 10.7 Å². The lowest BCUT2D eigenvalue weighted by Crippen LogP contribution is -2.39. The van der Waals surface area contributed by atoms with Crippen LogP contribution in [0.4, 0.5) is 0 Å². The van der Waals surface area contributed by atoms with Gasteiger partial charge in [0.05, 0.1) is 19.2 Å².